The quantitative estimate of drug-likeness (QED) is 0.678. The van der Waals surface area contributed by atoms with Crippen LogP contribution in [0.4, 0.5) is 0 Å². The van der Waals surface area contributed by atoms with E-state index in [0.717, 1.165) is 6.42 Å². The average Bonchev–Trinajstić information content (AvgIpc) is 1.98. The first-order valence-electron chi connectivity index (χ1n) is 4.38. The lowest BCUT2D eigenvalue weighted by molar-refractivity contribution is 0.572. The number of hydrogen-bond acceptors (Lipinski definition) is 3. The SMILES string of the molecule is CC(C)CCS(=O)(=O)CCCN. The molecule has 3 nitrogen and oxygen atoms in total. The molecule has 0 aliphatic heterocycles. The third kappa shape index (κ3) is 6.61. The second-order valence-electron chi connectivity index (χ2n) is 3.48. The summed E-state index contributed by atoms with van der Waals surface area (Å²) in [6.45, 7) is 4.51. The van der Waals surface area contributed by atoms with Crippen LogP contribution in [0.5, 0.6) is 0 Å². The molecule has 0 spiro atoms. The molecule has 0 unspecified atom stereocenters. The van der Waals surface area contributed by atoms with E-state index >= 15 is 0 Å². The van der Waals surface area contributed by atoms with Crippen molar-refractivity contribution in [3.63, 3.8) is 0 Å². The lowest BCUT2D eigenvalue weighted by atomic mass is 10.2. The van der Waals surface area contributed by atoms with Gasteiger partial charge in [0.2, 0.25) is 0 Å². The molecule has 0 radical (unpaired) electrons. The Morgan fingerprint density at radius 2 is 1.83 bits per heavy atom. The lowest BCUT2D eigenvalue weighted by Gasteiger charge is -2.05. The van der Waals surface area contributed by atoms with Gasteiger partial charge in [0.1, 0.15) is 9.84 Å². The molecule has 12 heavy (non-hydrogen) atoms. The Morgan fingerprint density at radius 1 is 1.25 bits per heavy atom. The molecule has 0 aromatic heterocycles. The number of rotatable bonds is 6. The van der Waals surface area contributed by atoms with Crippen LogP contribution in [-0.2, 0) is 9.84 Å². The van der Waals surface area contributed by atoms with Gasteiger partial charge in [-0.2, -0.15) is 0 Å². The van der Waals surface area contributed by atoms with Crippen molar-refractivity contribution in [3.8, 4) is 0 Å². The zero-order chi connectivity index (χ0) is 9.61. The van der Waals surface area contributed by atoms with E-state index in [1.807, 2.05) is 13.8 Å². The van der Waals surface area contributed by atoms with Crippen LogP contribution >= 0.6 is 0 Å². The fraction of sp³-hybridized carbons (Fsp3) is 1.00. The van der Waals surface area contributed by atoms with Crippen LogP contribution in [0.1, 0.15) is 26.7 Å². The Bertz CT molecular complexity index is 197. The van der Waals surface area contributed by atoms with Crippen molar-refractivity contribution in [1.29, 1.82) is 0 Å². The van der Waals surface area contributed by atoms with E-state index in [4.69, 9.17) is 5.73 Å². The highest BCUT2D eigenvalue weighted by atomic mass is 32.2. The van der Waals surface area contributed by atoms with Crippen molar-refractivity contribution in [1.82, 2.24) is 0 Å². The highest BCUT2D eigenvalue weighted by Crippen LogP contribution is 2.04. The van der Waals surface area contributed by atoms with E-state index in [2.05, 4.69) is 0 Å². The first-order chi connectivity index (χ1) is 5.48. The molecule has 0 aromatic carbocycles. The molecule has 0 saturated carbocycles. The molecule has 2 N–H and O–H groups in total. The monoisotopic (exact) mass is 193 g/mol. The normalized spacial score (nSPS) is 12.3. The third-order valence-electron chi connectivity index (χ3n) is 1.67. The van der Waals surface area contributed by atoms with E-state index < -0.39 is 9.84 Å². The van der Waals surface area contributed by atoms with Crippen LogP contribution in [0.25, 0.3) is 0 Å². The largest absolute Gasteiger partial charge is 0.330 e. The van der Waals surface area contributed by atoms with Crippen molar-refractivity contribution in [2.75, 3.05) is 18.1 Å². The van der Waals surface area contributed by atoms with Gasteiger partial charge in [0, 0.05) is 0 Å². The Balaban J connectivity index is 3.73. The minimum atomic E-state index is -2.82. The van der Waals surface area contributed by atoms with Crippen LogP contribution in [0.2, 0.25) is 0 Å². The summed E-state index contributed by atoms with van der Waals surface area (Å²) in [6, 6.07) is 0. The summed E-state index contributed by atoms with van der Waals surface area (Å²) < 4.78 is 22.5. The van der Waals surface area contributed by atoms with Crippen molar-refractivity contribution in [2.45, 2.75) is 26.7 Å². The van der Waals surface area contributed by atoms with Gasteiger partial charge in [-0.15, -0.1) is 0 Å². The summed E-state index contributed by atoms with van der Waals surface area (Å²) in [7, 11) is -2.82. The minimum Gasteiger partial charge on any atom is -0.330 e. The molecule has 0 fully saturated rings. The number of sulfone groups is 1. The van der Waals surface area contributed by atoms with Crippen molar-refractivity contribution < 1.29 is 8.42 Å². The van der Waals surface area contributed by atoms with Crippen molar-refractivity contribution in [2.24, 2.45) is 11.7 Å². The first-order valence-corrected chi connectivity index (χ1v) is 6.20. The van der Waals surface area contributed by atoms with E-state index in [1.165, 1.54) is 0 Å². The van der Waals surface area contributed by atoms with Crippen LogP contribution in [0.3, 0.4) is 0 Å². The van der Waals surface area contributed by atoms with Gasteiger partial charge in [-0.05, 0) is 25.3 Å². The fourth-order valence-corrected chi connectivity index (χ4v) is 2.46. The van der Waals surface area contributed by atoms with E-state index in [9.17, 15) is 8.42 Å². The van der Waals surface area contributed by atoms with Gasteiger partial charge >= 0.3 is 0 Å². The van der Waals surface area contributed by atoms with Crippen LogP contribution in [-0.4, -0.2) is 26.5 Å². The summed E-state index contributed by atoms with van der Waals surface area (Å²) in [4.78, 5) is 0. The zero-order valence-corrected chi connectivity index (χ0v) is 8.73. The molecule has 0 bridgehead atoms. The van der Waals surface area contributed by atoms with E-state index in [-0.39, 0.29) is 5.75 Å². The van der Waals surface area contributed by atoms with Gasteiger partial charge in [-0.3, -0.25) is 0 Å². The zero-order valence-electron chi connectivity index (χ0n) is 7.91. The van der Waals surface area contributed by atoms with Crippen molar-refractivity contribution >= 4 is 9.84 Å². The Kier molecular flexibility index (Phi) is 5.50. The lowest BCUT2D eigenvalue weighted by Crippen LogP contribution is -2.15. The summed E-state index contributed by atoms with van der Waals surface area (Å²) in [5.74, 6) is 1.01. The fourth-order valence-electron chi connectivity index (χ4n) is 0.821. The molecule has 0 aromatic rings. The predicted molar refractivity (Wildman–Crippen MR) is 51.8 cm³/mol. The van der Waals surface area contributed by atoms with Gasteiger partial charge in [-0.25, -0.2) is 8.42 Å². The van der Waals surface area contributed by atoms with Gasteiger partial charge in [0.05, 0.1) is 11.5 Å². The van der Waals surface area contributed by atoms with Gasteiger partial charge in [-0.1, -0.05) is 13.8 Å². The summed E-state index contributed by atoms with van der Waals surface area (Å²) >= 11 is 0. The molecule has 0 aliphatic carbocycles. The highest BCUT2D eigenvalue weighted by molar-refractivity contribution is 7.91. The number of hydrogen-bond donors (Lipinski definition) is 1. The van der Waals surface area contributed by atoms with Gasteiger partial charge in [0.25, 0.3) is 0 Å². The molecule has 0 saturated heterocycles. The maximum absolute atomic E-state index is 11.2. The summed E-state index contributed by atoms with van der Waals surface area (Å²) in [6.07, 6.45) is 1.34. The molecule has 0 amide bonds. The van der Waals surface area contributed by atoms with Gasteiger partial charge < -0.3 is 5.73 Å². The molecule has 0 atom stereocenters. The molecule has 0 rings (SSSR count). The highest BCUT2D eigenvalue weighted by Gasteiger charge is 2.10. The molecular weight excluding hydrogens is 174 g/mol. The standard InChI is InChI=1S/C8H19NO2S/c1-8(2)4-7-12(10,11)6-3-5-9/h8H,3-7,9H2,1-2H3. The molecule has 4 heteroatoms. The average molecular weight is 193 g/mol. The first kappa shape index (κ1) is 11.9. The molecule has 74 valence electrons. The van der Waals surface area contributed by atoms with Crippen LogP contribution in [0, 0.1) is 5.92 Å². The third-order valence-corrected chi connectivity index (χ3v) is 3.43. The van der Waals surface area contributed by atoms with Crippen molar-refractivity contribution in [3.05, 3.63) is 0 Å². The maximum atomic E-state index is 11.2. The van der Waals surface area contributed by atoms with Crippen LogP contribution < -0.4 is 5.73 Å². The van der Waals surface area contributed by atoms with E-state index in [0.29, 0.717) is 24.6 Å². The summed E-state index contributed by atoms with van der Waals surface area (Å²) in [5, 5.41) is 0. The Labute approximate surface area is 75.3 Å². The maximum Gasteiger partial charge on any atom is 0.150 e. The predicted octanol–water partition coefficient (Wildman–Crippen LogP) is 0.796. The van der Waals surface area contributed by atoms with Crippen LogP contribution in [0.15, 0.2) is 0 Å². The summed E-state index contributed by atoms with van der Waals surface area (Å²) in [5.41, 5.74) is 5.23. The second kappa shape index (κ2) is 5.54. The molecule has 0 heterocycles. The second-order valence-corrected chi connectivity index (χ2v) is 5.78. The van der Waals surface area contributed by atoms with E-state index in [1.54, 1.807) is 0 Å². The van der Waals surface area contributed by atoms with Gasteiger partial charge in [0.15, 0.2) is 0 Å². The number of nitrogens with two attached hydrogens (primary N) is 1. The Morgan fingerprint density at radius 3 is 2.25 bits per heavy atom. The minimum absolute atomic E-state index is 0.246. The topological polar surface area (TPSA) is 60.2 Å². The molecule has 0 aliphatic rings. The smallest absolute Gasteiger partial charge is 0.150 e. The Hall–Kier alpha value is -0.0900. The molecular formula is C8H19NO2S.